The lowest BCUT2D eigenvalue weighted by atomic mass is 10.2. The maximum Gasteiger partial charge on any atom is 0.330 e. The van der Waals surface area contributed by atoms with Crippen LogP contribution >= 0.6 is 0 Å². The number of urea groups is 1. The Morgan fingerprint density at radius 3 is 2.78 bits per heavy atom. The lowest BCUT2D eigenvalue weighted by molar-refractivity contribution is -0.137. The molecule has 0 aliphatic rings. The Morgan fingerprint density at radius 2 is 2.11 bits per heavy atom. The SMILES string of the molecule is C=CC(=O)OCCNC(=O)Nc1ccccc1C. The first-order valence-electron chi connectivity index (χ1n) is 5.53. The van der Waals surface area contributed by atoms with Crippen molar-refractivity contribution in [2.45, 2.75) is 6.92 Å². The standard InChI is InChI=1S/C13H16N2O3/c1-3-12(16)18-9-8-14-13(17)15-11-7-5-4-6-10(11)2/h3-7H,1,8-9H2,2H3,(H2,14,15,17). The number of anilines is 1. The fourth-order valence-corrected chi connectivity index (χ4v) is 1.25. The monoisotopic (exact) mass is 248 g/mol. The molecule has 18 heavy (non-hydrogen) atoms. The van der Waals surface area contributed by atoms with Gasteiger partial charge >= 0.3 is 12.0 Å². The first-order chi connectivity index (χ1) is 8.63. The highest BCUT2D eigenvalue weighted by atomic mass is 16.5. The summed E-state index contributed by atoms with van der Waals surface area (Å²) in [5.41, 5.74) is 1.73. The van der Waals surface area contributed by atoms with Gasteiger partial charge in [0, 0.05) is 11.8 Å². The third kappa shape index (κ3) is 4.69. The van der Waals surface area contributed by atoms with Crippen LogP contribution in [0.15, 0.2) is 36.9 Å². The third-order valence-corrected chi connectivity index (χ3v) is 2.19. The van der Waals surface area contributed by atoms with Gasteiger partial charge in [-0.2, -0.15) is 0 Å². The molecule has 0 saturated carbocycles. The van der Waals surface area contributed by atoms with Crippen LogP contribution in [-0.2, 0) is 9.53 Å². The topological polar surface area (TPSA) is 67.4 Å². The van der Waals surface area contributed by atoms with Crippen molar-refractivity contribution >= 4 is 17.7 Å². The molecule has 0 heterocycles. The molecule has 96 valence electrons. The molecule has 2 N–H and O–H groups in total. The minimum absolute atomic E-state index is 0.117. The van der Waals surface area contributed by atoms with Gasteiger partial charge in [0.25, 0.3) is 0 Å². The molecule has 5 nitrogen and oxygen atoms in total. The average Bonchev–Trinajstić information content (AvgIpc) is 2.37. The number of carbonyl (C=O) groups is 2. The quantitative estimate of drug-likeness (QED) is 0.474. The molecule has 2 amide bonds. The first kappa shape index (κ1) is 13.8. The van der Waals surface area contributed by atoms with Crippen LogP contribution in [0, 0.1) is 6.92 Å². The summed E-state index contributed by atoms with van der Waals surface area (Å²) in [7, 11) is 0. The van der Waals surface area contributed by atoms with Gasteiger partial charge in [0.1, 0.15) is 6.61 Å². The fraction of sp³-hybridized carbons (Fsp3) is 0.231. The smallest absolute Gasteiger partial charge is 0.330 e. The summed E-state index contributed by atoms with van der Waals surface area (Å²) >= 11 is 0. The Kier molecular flexibility index (Phi) is 5.44. The van der Waals surface area contributed by atoms with Gasteiger partial charge < -0.3 is 15.4 Å². The van der Waals surface area contributed by atoms with Crippen LogP contribution in [0.1, 0.15) is 5.56 Å². The molecule has 0 aliphatic heterocycles. The van der Waals surface area contributed by atoms with E-state index in [0.29, 0.717) is 0 Å². The second kappa shape index (κ2) is 7.11. The Bertz CT molecular complexity index is 444. The summed E-state index contributed by atoms with van der Waals surface area (Å²) in [6.07, 6.45) is 1.08. The van der Waals surface area contributed by atoms with Crippen molar-refractivity contribution in [2.75, 3.05) is 18.5 Å². The maximum atomic E-state index is 11.5. The number of rotatable bonds is 5. The molecule has 5 heteroatoms. The molecule has 1 rings (SSSR count). The number of hydrogen-bond donors (Lipinski definition) is 2. The zero-order chi connectivity index (χ0) is 13.4. The predicted octanol–water partition coefficient (Wildman–Crippen LogP) is 1.85. The van der Waals surface area contributed by atoms with E-state index in [1.807, 2.05) is 31.2 Å². The van der Waals surface area contributed by atoms with E-state index >= 15 is 0 Å². The number of hydrogen-bond acceptors (Lipinski definition) is 3. The van der Waals surface area contributed by atoms with E-state index in [1.165, 1.54) is 0 Å². The van der Waals surface area contributed by atoms with Crippen LogP contribution in [-0.4, -0.2) is 25.2 Å². The summed E-state index contributed by atoms with van der Waals surface area (Å²) < 4.78 is 4.72. The molecule has 0 aromatic heterocycles. The molecular weight excluding hydrogens is 232 g/mol. The van der Waals surface area contributed by atoms with E-state index in [-0.39, 0.29) is 19.2 Å². The minimum atomic E-state index is -0.504. The Hall–Kier alpha value is -2.30. The predicted molar refractivity (Wildman–Crippen MR) is 69.4 cm³/mol. The summed E-state index contributed by atoms with van der Waals surface area (Å²) in [5, 5.41) is 5.28. The number of benzene rings is 1. The zero-order valence-electron chi connectivity index (χ0n) is 10.2. The molecular formula is C13H16N2O3. The van der Waals surface area contributed by atoms with Crippen molar-refractivity contribution in [1.29, 1.82) is 0 Å². The molecule has 0 aliphatic carbocycles. The number of esters is 1. The average molecular weight is 248 g/mol. The number of nitrogens with one attached hydrogen (secondary N) is 2. The summed E-state index contributed by atoms with van der Waals surface area (Å²) in [4.78, 5) is 22.2. The summed E-state index contributed by atoms with van der Waals surface area (Å²) in [5.74, 6) is -0.504. The van der Waals surface area contributed by atoms with Gasteiger partial charge in [-0.05, 0) is 18.6 Å². The number of ether oxygens (including phenoxy) is 1. The van der Waals surface area contributed by atoms with Gasteiger partial charge in [-0.3, -0.25) is 0 Å². The van der Waals surface area contributed by atoms with Crippen molar-refractivity contribution in [3.63, 3.8) is 0 Å². The zero-order valence-corrected chi connectivity index (χ0v) is 10.2. The second-order valence-electron chi connectivity index (χ2n) is 3.57. The fourth-order valence-electron chi connectivity index (χ4n) is 1.25. The molecule has 0 unspecified atom stereocenters. The lowest BCUT2D eigenvalue weighted by Gasteiger charge is -2.09. The highest BCUT2D eigenvalue weighted by Gasteiger charge is 2.03. The number of aryl methyl sites for hydroxylation is 1. The van der Waals surface area contributed by atoms with Gasteiger partial charge in [0.15, 0.2) is 0 Å². The van der Waals surface area contributed by atoms with Crippen LogP contribution in [0.3, 0.4) is 0 Å². The van der Waals surface area contributed by atoms with Crippen LogP contribution in [0.4, 0.5) is 10.5 Å². The molecule has 0 spiro atoms. The van der Waals surface area contributed by atoms with E-state index in [4.69, 9.17) is 4.74 Å². The van der Waals surface area contributed by atoms with Gasteiger partial charge in [-0.25, -0.2) is 9.59 Å². The highest BCUT2D eigenvalue weighted by Crippen LogP contribution is 2.12. The molecule has 1 aromatic carbocycles. The molecule has 0 atom stereocenters. The Balaban J connectivity index is 2.28. The highest BCUT2D eigenvalue weighted by molar-refractivity contribution is 5.90. The van der Waals surface area contributed by atoms with Crippen LogP contribution < -0.4 is 10.6 Å². The minimum Gasteiger partial charge on any atom is -0.461 e. The maximum absolute atomic E-state index is 11.5. The normalized spacial score (nSPS) is 9.39. The van der Waals surface area contributed by atoms with Crippen molar-refractivity contribution in [3.05, 3.63) is 42.5 Å². The van der Waals surface area contributed by atoms with E-state index in [9.17, 15) is 9.59 Å². The van der Waals surface area contributed by atoms with Crippen molar-refractivity contribution in [3.8, 4) is 0 Å². The summed E-state index contributed by atoms with van der Waals surface area (Å²) in [6, 6.07) is 7.12. The number of amides is 2. The number of para-hydroxylation sites is 1. The first-order valence-corrected chi connectivity index (χ1v) is 5.53. The van der Waals surface area contributed by atoms with E-state index in [0.717, 1.165) is 17.3 Å². The molecule has 0 saturated heterocycles. The molecule has 0 radical (unpaired) electrons. The van der Waals surface area contributed by atoms with Gasteiger partial charge in [-0.15, -0.1) is 0 Å². The molecule has 1 aromatic rings. The number of carbonyl (C=O) groups excluding carboxylic acids is 2. The second-order valence-corrected chi connectivity index (χ2v) is 3.57. The van der Waals surface area contributed by atoms with Gasteiger partial charge in [-0.1, -0.05) is 24.8 Å². The third-order valence-electron chi connectivity index (χ3n) is 2.19. The van der Waals surface area contributed by atoms with Crippen LogP contribution in [0.5, 0.6) is 0 Å². The molecule has 0 bridgehead atoms. The van der Waals surface area contributed by atoms with E-state index in [2.05, 4.69) is 17.2 Å². The van der Waals surface area contributed by atoms with Crippen molar-refractivity contribution < 1.29 is 14.3 Å². The van der Waals surface area contributed by atoms with E-state index < -0.39 is 5.97 Å². The van der Waals surface area contributed by atoms with Gasteiger partial charge in [0.2, 0.25) is 0 Å². The van der Waals surface area contributed by atoms with Crippen molar-refractivity contribution in [2.24, 2.45) is 0 Å². The Labute approximate surface area is 106 Å². The van der Waals surface area contributed by atoms with Crippen molar-refractivity contribution in [1.82, 2.24) is 5.32 Å². The van der Waals surface area contributed by atoms with E-state index in [1.54, 1.807) is 0 Å². The Morgan fingerprint density at radius 1 is 1.39 bits per heavy atom. The summed E-state index contributed by atoms with van der Waals surface area (Å²) in [6.45, 7) is 5.53. The van der Waals surface area contributed by atoms with Crippen LogP contribution in [0.25, 0.3) is 0 Å². The molecule has 0 fully saturated rings. The van der Waals surface area contributed by atoms with Gasteiger partial charge in [0.05, 0.1) is 6.54 Å². The lowest BCUT2D eigenvalue weighted by Crippen LogP contribution is -2.32. The largest absolute Gasteiger partial charge is 0.461 e. The van der Waals surface area contributed by atoms with Crippen LogP contribution in [0.2, 0.25) is 0 Å².